The van der Waals surface area contributed by atoms with Crippen molar-refractivity contribution in [3.05, 3.63) is 11.6 Å². The smallest absolute Gasteiger partial charge is 0.295 e. The first-order valence-corrected chi connectivity index (χ1v) is 3.92. The third kappa shape index (κ3) is 3.26. The van der Waals surface area contributed by atoms with Crippen LogP contribution in [0.5, 0.6) is 0 Å². The number of halogens is 3. The Morgan fingerprint density at radius 1 is 1.50 bits per heavy atom. The lowest BCUT2D eigenvalue weighted by molar-refractivity contribution is -0.137. The van der Waals surface area contributed by atoms with Gasteiger partial charge in [-0.05, 0) is 6.92 Å². The molecule has 0 aromatic rings. The van der Waals surface area contributed by atoms with Crippen LogP contribution in [0.4, 0.5) is 13.2 Å². The fraction of sp³-hybridized carbons (Fsp3) is 0.750. The minimum absolute atomic E-state index is 0.122. The van der Waals surface area contributed by atoms with Crippen molar-refractivity contribution in [2.45, 2.75) is 19.5 Å². The maximum atomic E-state index is 11.8. The fourth-order valence-electron chi connectivity index (χ4n) is 1.22. The summed E-state index contributed by atoms with van der Waals surface area (Å²) in [6.07, 6.45) is -2.75. The van der Waals surface area contributed by atoms with E-state index in [4.69, 9.17) is 0 Å². The van der Waals surface area contributed by atoms with E-state index >= 15 is 0 Å². The molecule has 0 radical (unpaired) electrons. The summed E-state index contributed by atoms with van der Waals surface area (Å²) in [7, 11) is 0. The van der Waals surface area contributed by atoms with Crippen LogP contribution in [0.2, 0.25) is 0 Å². The van der Waals surface area contributed by atoms with E-state index in [-0.39, 0.29) is 6.54 Å². The molecule has 0 spiro atoms. The van der Waals surface area contributed by atoms with Crippen molar-refractivity contribution >= 4 is 0 Å². The van der Waals surface area contributed by atoms with E-state index in [1.165, 1.54) is 0 Å². The molecule has 1 rings (SSSR count). The second kappa shape index (κ2) is 3.47. The Morgan fingerprint density at radius 2 is 2.17 bits per heavy atom. The zero-order chi connectivity index (χ0) is 9.19. The number of hydrogen-bond acceptors (Lipinski definition) is 1. The minimum Gasteiger partial charge on any atom is -0.295 e. The lowest BCUT2D eigenvalue weighted by atomic mass is 10.3. The Kier molecular flexibility index (Phi) is 2.77. The molecule has 1 aliphatic heterocycles. The molecule has 1 aliphatic rings. The van der Waals surface area contributed by atoms with Crippen LogP contribution in [-0.2, 0) is 0 Å². The van der Waals surface area contributed by atoms with Gasteiger partial charge in [0.25, 0.3) is 0 Å². The molecule has 1 heterocycles. The summed E-state index contributed by atoms with van der Waals surface area (Å²) in [6.45, 7) is 3.42. The van der Waals surface area contributed by atoms with Crippen LogP contribution in [0.1, 0.15) is 13.3 Å². The molecule has 0 atom stereocenters. The largest absolute Gasteiger partial charge is 0.390 e. The summed E-state index contributed by atoms with van der Waals surface area (Å²) in [5, 5.41) is 0. The van der Waals surface area contributed by atoms with Gasteiger partial charge < -0.3 is 0 Å². The van der Waals surface area contributed by atoms with Crippen molar-refractivity contribution in [2.75, 3.05) is 19.6 Å². The van der Waals surface area contributed by atoms with E-state index in [0.29, 0.717) is 13.1 Å². The first-order chi connectivity index (χ1) is 5.47. The molecule has 0 unspecified atom stereocenters. The van der Waals surface area contributed by atoms with Gasteiger partial charge in [0.2, 0.25) is 0 Å². The van der Waals surface area contributed by atoms with E-state index < -0.39 is 12.6 Å². The molecule has 0 aromatic carbocycles. The van der Waals surface area contributed by atoms with E-state index in [1.807, 2.05) is 13.0 Å². The van der Waals surface area contributed by atoms with Gasteiger partial charge in [0.1, 0.15) is 0 Å². The van der Waals surface area contributed by atoms with Gasteiger partial charge in [-0.25, -0.2) is 0 Å². The van der Waals surface area contributed by atoms with E-state index in [0.717, 1.165) is 5.57 Å². The Hall–Kier alpha value is -0.510. The van der Waals surface area contributed by atoms with Crippen LogP contribution in [0.3, 0.4) is 0 Å². The second-order valence-corrected chi connectivity index (χ2v) is 3.15. The van der Waals surface area contributed by atoms with Crippen LogP contribution in [0.25, 0.3) is 0 Å². The maximum absolute atomic E-state index is 11.8. The fourth-order valence-corrected chi connectivity index (χ4v) is 1.22. The summed E-state index contributed by atoms with van der Waals surface area (Å²) in [5.74, 6) is 0. The van der Waals surface area contributed by atoms with Gasteiger partial charge >= 0.3 is 6.18 Å². The highest BCUT2D eigenvalue weighted by atomic mass is 19.4. The average molecular weight is 179 g/mol. The summed E-state index contributed by atoms with van der Waals surface area (Å²) < 4.78 is 35.3. The predicted molar refractivity (Wildman–Crippen MR) is 40.9 cm³/mol. The molecule has 0 amide bonds. The molecular weight excluding hydrogens is 167 g/mol. The van der Waals surface area contributed by atoms with Crippen molar-refractivity contribution in [3.8, 4) is 0 Å². The summed E-state index contributed by atoms with van der Waals surface area (Å²) in [6, 6.07) is 0. The Labute approximate surface area is 69.9 Å². The van der Waals surface area contributed by atoms with Gasteiger partial charge in [0.05, 0.1) is 6.42 Å². The molecule has 12 heavy (non-hydrogen) atoms. The van der Waals surface area contributed by atoms with Crippen molar-refractivity contribution in [1.29, 1.82) is 0 Å². The van der Waals surface area contributed by atoms with Gasteiger partial charge in [-0.3, -0.25) is 4.90 Å². The molecule has 70 valence electrons. The van der Waals surface area contributed by atoms with Gasteiger partial charge in [-0.1, -0.05) is 11.6 Å². The van der Waals surface area contributed by atoms with Crippen LogP contribution in [-0.4, -0.2) is 30.7 Å². The average Bonchev–Trinajstić information content (AvgIpc) is 2.30. The number of alkyl halides is 3. The molecule has 0 saturated carbocycles. The van der Waals surface area contributed by atoms with E-state index in [1.54, 1.807) is 4.90 Å². The highest BCUT2D eigenvalue weighted by Gasteiger charge is 2.28. The van der Waals surface area contributed by atoms with Crippen LogP contribution < -0.4 is 0 Å². The highest BCUT2D eigenvalue weighted by molar-refractivity contribution is 5.08. The number of rotatable bonds is 2. The third-order valence-electron chi connectivity index (χ3n) is 1.88. The monoisotopic (exact) mass is 179 g/mol. The van der Waals surface area contributed by atoms with Gasteiger partial charge in [-0.15, -0.1) is 0 Å². The zero-order valence-corrected chi connectivity index (χ0v) is 6.99. The Bertz CT molecular complexity index is 183. The lowest BCUT2D eigenvalue weighted by Crippen LogP contribution is -2.26. The topological polar surface area (TPSA) is 3.24 Å². The van der Waals surface area contributed by atoms with Gasteiger partial charge in [-0.2, -0.15) is 13.2 Å². The van der Waals surface area contributed by atoms with Crippen LogP contribution in [0, 0.1) is 0 Å². The van der Waals surface area contributed by atoms with Crippen LogP contribution in [0.15, 0.2) is 11.6 Å². The molecule has 0 aliphatic carbocycles. The Balaban J connectivity index is 2.18. The second-order valence-electron chi connectivity index (χ2n) is 3.15. The van der Waals surface area contributed by atoms with Crippen molar-refractivity contribution in [3.63, 3.8) is 0 Å². The first kappa shape index (κ1) is 9.58. The van der Waals surface area contributed by atoms with Crippen molar-refractivity contribution in [1.82, 2.24) is 4.90 Å². The molecule has 4 heteroatoms. The van der Waals surface area contributed by atoms with Gasteiger partial charge in [0.15, 0.2) is 0 Å². The number of nitrogens with zero attached hydrogens (tertiary/aromatic N) is 1. The summed E-state index contributed by atoms with van der Waals surface area (Å²) in [4.78, 5) is 1.79. The quantitative estimate of drug-likeness (QED) is 0.587. The molecule has 0 saturated heterocycles. The van der Waals surface area contributed by atoms with Crippen molar-refractivity contribution < 1.29 is 13.2 Å². The number of hydrogen-bond donors (Lipinski definition) is 0. The van der Waals surface area contributed by atoms with E-state index in [2.05, 4.69) is 0 Å². The Morgan fingerprint density at radius 3 is 2.58 bits per heavy atom. The van der Waals surface area contributed by atoms with E-state index in [9.17, 15) is 13.2 Å². The molecule has 0 aromatic heterocycles. The predicted octanol–water partition coefficient (Wildman–Crippen LogP) is 2.20. The van der Waals surface area contributed by atoms with Crippen LogP contribution >= 0.6 is 0 Å². The summed E-state index contributed by atoms with van der Waals surface area (Å²) in [5.41, 5.74) is 1.16. The third-order valence-corrected chi connectivity index (χ3v) is 1.88. The van der Waals surface area contributed by atoms with Gasteiger partial charge in [0, 0.05) is 19.6 Å². The standard InChI is InChI=1S/C8H12F3N/c1-7-2-4-12(6-7)5-3-8(9,10)11/h2H,3-6H2,1H3. The zero-order valence-electron chi connectivity index (χ0n) is 6.99. The minimum atomic E-state index is -4.02. The molecule has 1 nitrogen and oxygen atoms in total. The highest BCUT2D eigenvalue weighted by Crippen LogP contribution is 2.20. The van der Waals surface area contributed by atoms with Crippen molar-refractivity contribution in [2.24, 2.45) is 0 Å². The lowest BCUT2D eigenvalue weighted by Gasteiger charge is -2.16. The summed E-state index contributed by atoms with van der Waals surface area (Å²) >= 11 is 0. The first-order valence-electron chi connectivity index (χ1n) is 3.92. The maximum Gasteiger partial charge on any atom is 0.390 e. The molecular formula is C8H12F3N. The molecule has 0 N–H and O–H groups in total. The SMILES string of the molecule is CC1=CCN(CCC(F)(F)F)C1. The molecule has 0 fully saturated rings. The normalized spacial score (nSPS) is 19.8. The molecule has 0 bridgehead atoms.